The summed E-state index contributed by atoms with van der Waals surface area (Å²) in [6, 6.07) is 1.25. The third kappa shape index (κ3) is 3.02. The van der Waals surface area contributed by atoms with Crippen LogP contribution in [0.4, 0.5) is 0 Å². The molecule has 2 bridgehead atoms. The van der Waals surface area contributed by atoms with Crippen LogP contribution in [0.15, 0.2) is 0 Å². The molecule has 0 saturated carbocycles. The molecule has 0 radical (unpaired) electrons. The topological polar surface area (TPSA) is 29.5 Å². The second-order valence-corrected chi connectivity index (χ2v) is 4.95. The number of carbonyl (C=O) groups excluding carboxylic acids is 1. The maximum Gasteiger partial charge on any atom is 0.307 e. The summed E-state index contributed by atoms with van der Waals surface area (Å²) in [5.41, 5.74) is 0. The molecule has 2 saturated heterocycles. The van der Waals surface area contributed by atoms with E-state index in [1.807, 2.05) is 0 Å². The first kappa shape index (κ1) is 14.1. The van der Waals surface area contributed by atoms with E-state index in [0.29, 0.717) is 24.4 Å². The minimum Gasteiger partial charge on any atom is -0.462 e. The Bertz CT molecular complexity index is 236. The predicted octanol–water partition coefficient (Wildman–Crippen LogP) is 2.21. The highest BCUT2D eigenvalue weighted by atomic mass is 35.5. The van der Waals surface area contributed by atoms with Gasteiger partial charge in [-0.2, -0.15) is 0 Å². The smallest absolute Gasteiger partial charge is 0.307 e. The number of nitrogens with zero attached hydrogens (tertiary/aromatic N) is 1. The van der Waals surface area contributed by atoms with Gasteiger partial charge in [0.15, 0.2) is 0 Å². The normalized spacial score (nSPS) is 33.2. The fourth-order valence-electron chi connectivity index (χ4n) is 2.78. The van der Waals surface area contributed by atoms with Crippen LogP contribution in [0.25, 0.3) is 0 Å². The highest BCUT2D eigenvalue weighted by Crippen LogP contribution is 2.35. The van der Waals surface area contributed by atoms with Gasteiger partial charge < -0.3 is 9.64 Å². The number of piperidine rings is 1. The molecule has 0 spiro atoms. The molecule has 2 atom stereocenters. The zero-order valence-corrected chi connectivity index (χ0v) is 11.1. The lowest BCUT2D eigenvalue weighted by molar-refractivity contribution is -0.151. The van der Waals surface area contributed by atoms with E-state index in [-0.39, 0.29) is 24.5 Å². The van der Waals surface area contributed by atoms with Crippen LogP contribution in [-0.2, 0) is 9.53 Å². The lowest BCUT2D eigenvalue weighted by atomic mass is 10.0. The first-order valence-electron chi connectivity index (χ1n) is 5.68. The number of fused-ring (bicyclic) bond motifs is 2. The van der Waals surface area contributed by atoms with E-state index < -0.39 is 0 Å². The van der Waals surface area contributed by atoms with E-state index in [2.05, 4.69) is 11.9 Å². The van der Waals surface area contributed by atoms with Crippen molar-refractivity contribution >= 4 is 30.0 Å². The highest BCUT2D eigenvalue weighted by Gasteiger charge is 2.39. The maximum absolute atomic E-state index is 11.3. The van der Waals surface area contributed by atoms with Crippen molar-refractivity contribution in [3.63, 3.8) is 0 Å². The van der Waals surface area contributed by atoms with Gasteiger partial charge in [-0.05, 0) is 32.7 Å². The van der Waals surface area contributed by atoms with Gasteiger partial charge in [0.05, 0.1) is 6.42 Å². The molecule has 0 aromatic carbocycles. The van der Waals surface area contributed by atoms with Crippen molar-refractivity contribution in [2.24, 2.45) is 0 Å². The lowest BCUT2D eigenvalue weighted by Crippen LogP contribution is -2.43. The monoisotopic (exact) mass is 267 g/mol. The van der Waals surface area contributed by atoms with Crippen LogP contribution < -0.4 is 0 Å². The van der Waals surface area contributed by atoms with Crippen LogP contribution in [0.2, 0.25) is 0 Å². The summed E-state index contributed by atoms with van der Waals surface area (Å²) < 4.78 is 5.41. The van der Waals surface area contributed by atoms with Crippen LogP contribution in [0.5, 0.6) is 0 Å². The standard InChI is InChI=1S/C11H18ClNO2.ClH/c1-13-8-2-3-9(13)7-10(6-8)15-11(14)4-5-12;/h8-10H,2-7H2,1H3;1H. The molecule has 0 N–H and O–H groups in total. The third-order valence-electron chi connectivity index (χ3n) is 3.65. The zero-order chi connectivity index (χ0) is 10.8. The van der Waals surface area contributed by atoms with Gasteiger partial charge >= 0.3 is 5.97 Å². The molecule has 2 unspecified atom stereocenters. The molecule has 16 heavy (non-hydrogen) atoms. The van der Waals surface area contributed by atoms with Crippen molar-refractivity contribution in [3.8, 4) is 0 Å². The van der Waals surface area contributed by atoms with Crippen molar-refractivity contribution in [2.75, 3.05) is 12.9 Å². The maximum atomic E-state index is 11.3. The molecule has 2 heterocycles. The molecule has 0 aromatic heterocycles. The summed E-state index contributed by atoms with van der Waals surface area (Å²) in [5, 5.41) is 0. The summed E-state index contributed by atoms with van der Waals surface area (Å²) >= 11 is 5.50. The molecule has 2 rings (SSSR count). The number of esters is 1. The minimum absolute atomic E-state index is 0. The van der Waals surface area contributed by atoms with Crippen molar-refractivity contribution < 1.29 is 9.53 Å². The number of rotatable bonds is 3. The summed E-state index contributed by atoms with van der Waals surface area (Å²) in [7, 11) is 2.18. The Hall–Kier alpha value is 0.01000. The Morgan fingerprint density at radius 3 is 2.44 bits per heavy atom. The quantitative estimate of drug-likeness (QED) is 0.580. The van der Waals surface area contributed by atoms with Gasteiger partial charge in [-0.25, -0.2) is 0 Å². The van der Waals surface area contributed by atoms with Gasteiger partial charge in [0, 0.05) is 18.0 Å². The van der Waals surface area contributed by atoms with Gasteiger partial charge in [-0.3, -0.25) is 4.79 Å². The number of halogens is 2. The van der Waals surface area contributed by atoms with Gasteiger partial charge in [0.1, 0.15) is 6.10 Å². The molecule has 2 aliphatic rings. The van der Waals surface area contributed by atoms with Crippen molar-refractivity contribution in [3.05, 3.63) is 0 Å². The molecule has 0 aliphatic carbocycles. The number of hydrogen-bond donors (Lipinski definition) is 0. The van der Waals surface area contributed by atoms with Crippen molar-refractivity contribution in [1.82, 2.24) is 4.90 Å². The second kappa shape index (κ2) is 6.08. The summed E-state index contributed by atoms with van der Waals surface area (Å²) in [5.74, 6) is 0.220. The fourth-order valence-corrected chi connectivity index (χ4v) is 2.93. The van der Waals surface area contributed by atoms with Crippen molar-refractivity contribution in [1.29, 1.82) is 0 Å². The molecular weight excluding hydrogens is 249 g/mol. The molecule has 0 amide bonds. The Labute approximate surface area is 108 Å². The van der Waals surface area contributed by atoms with Crippen LogP contribution in [0.3, 0.4) is 0 Å². The van der Waals surface area contributed by atoms with E-state index in [1.54, 1.807) is 0 Å². The molecule has 5 heteroatoms. The van der Waals surface area contributed by atoms with Crippen LogP contribution in [-0.4, -0.2) is 42.0 Å². The predicted molar refractivity (Wildman–Crippen MR) is 66.3 cm³/mol. The lowest BCUT2D eigenvalue weighted by Gasteiger charge is -2.35. The number of alkyl halides is 1. The van der Waals surface area contributed by atoms with Gasteiger partial charge in [0.25, 0.3) is 0 Å². The fraction of sp³-hybridized carbons (Fsp3) is 0.909. The average Bonchev–Trinajstić information content (AvgIpc) is 2.43. The Kier molecular flexibility index (Phi) is 5.35. The van der Waals surface area contributed by atoms with Gasteiger partial charge in [0.2, 0.25) is 0 Å². The first-order chi connectivity index (χ1) is 7.20. The number of carbonyl (C=O) groups is 1. The van der Waals surface area contributed by atoms with E-state index in [9.17, 15) is 4.79 Å². The molecular formula is C11H19Cl2NO2. The third-order valence-corrected chi connectivity index (χ3v) is 3.84. The van der Waals surface area contributed by atoms with Crippen LogP contribution in [0, 0.1) is 0 Å². The largest absolute Gasteiger partial charge is 0.462 e. The minimum atomic E-state index is -0.140. The Balaban J connectivity index is 0.00000128. The Morgan fingerprint density at radius 2 is 1.94 bits per heavy atom. The van der Waals surface area contributed by atoms with Crippen molar-refractivity contribution in [2.45, 2.75) is 50.3 Å². The van der Waals surface area contributed by atoms with Crippen LogP contribution >= 0.6 is 24.0 Å². The first-order valence-corrected chi connectivity index (χ1v) is 6.21. The second-order valence-electron chi connectivity index (χ2n) is 4.57. The molecule has 2 fully saturated rings. The Morgan fingerprint density at radius 1 is 1.38 bits per heavy atom. The highest BCUT2D eigenvalue weighted by molar-refractivity contribution is 6.18. The van der Waals surface area contributed by atoms with Gasteiger partial charge in [-0.15, -0.1) is 24.0 Å². The molecule has 2 aliphatic heterocycles. The molecule has 0 aromatic rings. The van der Waals surface area contributed by atoms with E-state index >= 15 is 0 Å². The number of hydrogen-bond acceptors (Lipinski definition) is 3. The molecule has 94 valence electrons. The van der Waals surface area contributed by atoms with Gasteiger partial charge in [-0.1, -0.05) is 0 Å². The molecule has 3 nitrogen and oxygen atoms in total. The summed E-state index contributed by atoms with van der Waals surface area (Å²) in [6.45, 7) is 0. The average molecular weight is 268 g/mol. The van der Waals surface area contributed by atoms with E-state index in [4.69, 9.17) is 16.3 Å². The zero-order valence-electron chi connectivity index (χ0n) is 9.52. The number of ether oxygens (including phenoxy) is 1. The summed E-state index contributed by atoms with van der Waals surface area (Å²) in [4.78, 5) is 13.7. The van der Waals surface area contributed by atoms with Crippen LogP contribution in [0.1, 0.15) is 32.1 Å². The summed E-state index contributed by atoms with van der Waals surface area (Å²) in [6.07, 6.45) is 4.98. The van der Waals surface area contributed by atoms with E-state index in [0.717, 1.165) is 12.8 Å². The SMILES string of the molecule is CN1C2CCC1CC(OC(=O)CCCl)C2.Cl. The van der Waals surface area contributed by atoms with E-state index in [1.165, 1.54) is 12.8 Å².